The molecule has 1 fully saturated rings. The second-order valence-electron chi connectivity index (χ2n) is 4.45. The van der Waals surface area contributed by atoms with Crippen LogP contribution in [0.5, 0.6) is 0 Å². The fourth-order valence-corrected chi connectivity index (χ4v) is 1.95. The van der Waals surface area contributed by atoms with Gasteiger partial charge in [-0.1, -0.05) is 33.6 Å². The second kappa shape index (κ2) is 11.8. The molecule has 1 aliphatic carbocycles. The summed E-state index contributed by atoms with van der Waals surface area (Å²) in [6, 6.07) is 0. The van der Waals surface area contributed by atoms with Crippen molar-refractivity contribution in [3.8, 4) is 0 Å². The topological polar surface area (TPSA) is 78.7 Å². The minimum atomic E-state index is 0.500. The Labute approximate surface area is 97.5 Å². The van der Waals surface area contributed by atoms with Crippen molar-refractivity contribution in [3.63, 3.8) is 0 Å². The SMILES string of the molecule is CC1CCC(C(C)C)CC1.[N-]=C=O.[N-]=C=O. The standard InChI is InChI=1S/C10H20.2CNO/c1-8(2)10-6-4-9(3)5-7-10;2*2-1-3/h8-10H,4-7H2,1-3H3;;/q;2*-1. The van der Waals surface area contributed by atoms with Crippen molar-refractivity contribution in [2.45, 2.75) is 46.5 Å². The summed E-state index contributed by atoms with van der Waals surface area (Å²) < 4.78 is 0. The van der Waals surface area contributed by atoms with E-state index < -0.39 is 0 Å². The van der Waals surface area contributed by atoms with Crippen LogP contribution in [0.2, 0.25) is 0 Å². The summed E-state index contributed by atoms with van der Waals surface area (Å²) in [5.74, 6) is 2.97. The van der Waals surface area contributed by atoms with E-state index >= 15 is 0 Å². The van der Waals surface area contributed by atoms with Crippen LogP contribution >= 0.6 is 0 Å². The van der Waals surface area contributed by atoms with Crippen molar-refractivity contribution in [2.24, 2.45) is 17.8 Å². The van der Waals surface area contributed by atoms with Gasteiger partial charge in [-0.3, -0.25) is 9.59 Å². The highest BCUT2D eigenvalue weighted by molar-refractivity contribution is 5.37. The fraction of sp³-hybridized carbons (Fsp3) is 0.833. The monoisotopic (exact) mass is 224 g/mol. The highest BCUT2D eigenvalue weighted by Gasteiger charge is 2.19. The molecule has 0 bridgehead atoms. The van der Waals surface area contributed by atoms with Crippen LogP contribution in [0, 0.1) is 17.8 Å². The van der Waals surface area contributed by atoms with E-state index in [4.69, 9.17) is 20.4 Å². The molecular weight excluding hydrogens is 204 g/mol. The van der Waals surface area contributed by atoms with Crippen molar-refractivity contribution in [1.29, 1.82) is 0 Å². The first kappa shape index (κ1) is 17.2. The average Bonchev–Trinajstić information content (AvgIpc) is 2.20. The van der Waals surface area contributed by atoms with E-state index in [1.54, 1.807) is 0 Å². The fourth-order valence-electron chi connectivity index (χ4n) is 1.95. The molecule has 16 heavy (non-hydrogen) atoms. The lowest BCUT2D eigenvalue weighted by molar-refractivity contribution is 0.234. The molecule has 0 aromatic carbocycles. The minimum absolute atomic E-state index is 0.500. The predicted octanol–water partition coefficient (Wildman–Crippen LogP) is 3.25. The van der Waals surface area contributed by atoms with Gasteiger partial charge >= 0.3 is 0 Å². The molecule has 0 aromatic rings. The van der Waals surface area contributed by atoms with E-state index in [1.165, 1.54) is 25.7 Å². The van der Waals surface area contributed by atoms with Crippen LogP contribution in [-0.2, 0) is 9.59 Å². The van der Waals surface area contributed by atoms with Gasteiger partial charge in [0.05, 0.1) is 0 Å². The van der Waals surface area contributed by atoms with Gasteiger partial charge in [-0.25, -0.2) is 0 Å². The number of hydrogen-bond donors (Lipinski definition) is 0. The average molecular weight is 224 g/mol. The van der Waals surface area contributed by atoms with Gasteiger partial charge in [-0.2, -0.15) is 0 Å². The van der Waals surface area contributed by atoms with E-state index in [9.17, 15) is 0 Å². The van der Waals surface area contributed by atoms with Crippen LogP contribution in [0.1, 0.15) is 46.5 Å². The molecule has 4 heteroatoms. The van der Waals surface area contributed by atoms with Gasteiger partial charge in [0.1, 0.15) is 0 Å². The molecular formula is C12H20N2O2-2. The van der Waals surface area contributed by atoms with Gasteiger partial charge < -0.3 is 10.8 Å². The van der Waals surface area contributed by atoms with E-state index in [-0.39, 0.29) is 0 Å². The van der Waals surface area contributed by atoms with Crippen LogP contribution in [0.15, 0.2) is 0 Å². The molecule has 4 nitrogen and oxygen atoms in total. The Morgan fingerprint density at radius 2 is 1.31 bits per heavy atom. The van der Waals surface area contributed by atoms with E-state index in [0.29, 0.717) is 12.2 Å². The lowest BCUT2D eigenvalue weighted by Gasteiger charge is -2.28. The summed E-state index contributed by atoms with van der Waals surface area (Å²) in [6.45, 7) is 7.11. The number of carbonyl (C=O) groups excluding carboxylic acids is 2. The van der Waals surface area contributed by atoms with E-state index in [2.05, 4.69) is 20.8 Å². The Morgan fingerprint density at radius 3 is 1.56 bits per heavy atom. The first-order chi connectivity index (χ1) is 7.53. The third-order valence-electron chi connectivity index (χ3n) is 3.00. The van der Waals surface area contributed by atoms with Gasteiger partial charge in [0, 0.05) is 0 Å². The molecule has 0 heterocycles. The van der Waals surface area contributed by atoms with E-state index in [1.807, 2.05) is 0 Å². The number of rotatable bonds is 1. The Kier molecular flexibility index (Phi) is 12.7. The summed E-state index contributed by atoms with van der Waals surface area (Å²) >= 11 is 0. The zero-order valence-corrected chi connectivity index (χ0v) is 10.3. The van der Waals surface area contributed by atoms with Crippen molar-refractivity contribution in [1.82, 2.24) is 0 Å². The summed E-state index contributed by atoms with van der Waals surface area (Å²) in [7, 11) is 0. The smallest absolute Gasteiger partial charge is 0.0159 e. The normalized spacial score (nSPS) is 22.8. The molecule has 0 radical (unpaired) electrons. The molecule has 0 unspecified atom stereocenters. The molecule has 0 aromatic heterocycles. The molecule has 0 amide bonds. The first-order valence-corrected chi connectivity index (χ1v) is 5.55. The number of isocyanates is 2. The van der Waals surface area contributed by atoms with Crippen LogP contribution in [0.4, 0.5) is 0 Å². The van der Waals surface area contributed by atoms with E-state index in [0.717, 1.165) is 17.8 Å². The Hall–Kier alpha value is -1.24. The molecule has 92 valence electrons. The van der Waals surface area contributed by atoms with Crippen molar-refractivity contribution in [3.05, 3.63) is 10.8 Å². The number of nitrogens with zero attached hydrogens (tertiary/aromatic N) is 2. The van der Waals surface area contributed by atoms with Gasteiger partial charge in [0.2, 0.25) is 0 Å². The Morgan fingerprint density at radius 1 is 1.00 bits per heavy atom. The molecule has 0 atom stereocenters. The van der Waals surface area contributed by atoms with Crippen LogP contribution in [0.3, 0.4) is 0 Å². The maximum atomic E-state index is 8.24. The third-order valence-corrected chi connectivity index (χ3v) is 3.00. The van der Waals surface area contributed by atoms with Crippen molar-refractivity contribution < 1.29 is 9.59 Å². The summed E-state index contributed by atoms with van der Waals surface area (Å²) in [4.78, 5) is 16.5. The molecule has 0 N–H and O–H groups in total. The largest absolute Gasteiger partial charge is 0.724 e. The summed E-state index contributed by atoms with van der Waals surface area (Å²) in [5, 5.41) is 13.5. The van der Waals surface area contributed by atoms with Crippen molar-refractivity contribution in [2.75, 3.05) is 0 Å². The Balaban J connectivity index is 0. The molecule has 1 aliphatic rings. The minimum Gasteiger partial charge on any atom is -0.724 e. The van der Waals surface area contributed by atoms with Crippen LogP contribution in [0.25, 0.3) is 10.8 Å². The lowest BCUT2D eigenvalue weighted by Crippen LogP contribution is -2.16. The number of hydrogen-bond acceptors (Lipinski definition) is 2. The highest BCUT2D eigenvalue weighted by atomic mass is 16.1. The second-order valence-corrected chi connectivity index (χ2v) is 4.45. The van der Waals surface area contributed by atoms with Crippen LogP contribution in [-0.4, -0.2) is 12.2 Å². The molecule has 0 aliphatic heterocycles. The molecule has 1 saturated carbocycles. The molecule has 1 rings (SSSR count). The van der Waals surface area contributed by atoms with Crippen molar-refractivity contribution >= 4 is 12.2 Å². The molecule has 0 saturated heterocycles. The zero-order chi connectivity index (χ0) is 13.0. The molecule has 0 spiro atoms. The Bertz CT molecular complexity index is 207. The third kappa shape index (κ3) is 10.8. The summed E-state index contributed by atoms with van der Waals surface area (Å²) in [6.07, 6.45) is 6.92. The van der Waals surface area contributed by atoms with Gasteiger partial charge in [-0.05, 0) is 42.8 Å². The predicted molar refractivity (Wildman–Crippen MR) is 64.1 cm³/mol. The van der Waals surface area contributed by atoms with Crippen LogP contribution < -0.4 is 0 Å². The van der Waals surface area contributed by atoms with Gasteiger partial charge in [0.15, 0.2) is 0 Å². The maximum absolute atomic E-state index is 8.24. The zero-order valence-electron chi connectivity index (χ0n) is 10.3. The quantitative estimate of drug-likeness (QED) is 0.506. The first-order valence-electron chi connectivity index (χ1n) is 5.55. The van der Waals surface area contributed by atoms with Gasteiger partial charge in [0.25, 0.3) is 0 Å². The highest BCUT2D eigenvalue weighted by Crippen LogP contribution is 2.32. The maximum Gasteiger partial charge on any atom is -0.0159 e. The summed E-state index contributed by atoms with van der Waals surface area (Å²) in [5.41, 5.74) is 0. The lowest BCUT2D eigenvalue weighted by atomic mass is 9.78. The van der Waals surface area contributed by atoms with Gasteiger partial charge in [-0.15, -0.1) is 0 Å².